The summed E-state index contributed by atoms with van der Waals surface area (Å²) in [5.74, 6) is -0.219. The van der Waals surface area contributed by atoms with E-state index in [0.29, 0.717) is 16.9 Å². The zero-order valence-electron chi connectivity index (χ0n) is 10.8. The summed E-state index contributed by atoms with van der Waals surface area (Å²) in [6, 6.07) is 12.6. The maximum Gasteiger partial charge on any atom is 0.275 e. The Kier molecular flexibility index (Phi) is 4.44. The molecule has 0 heterocycles. The number of hydrogen-bond acceptors (Lipinski definition) is 3. The van der Waals surface area contributed by atoms with Gasteiger partial charge in [0.05, 0.1) is 18.9 Å². The van der Waals surface area contributed by atoms with Gasteiger partial charge in [-0.3, -0.25) is 4.79 Å². The number of hydrogen-bond donors (Lipinski definition) is 1. The second-order valence-electron chi connectivity index (χ2n) is 3.95. The molecule has 0 fully saturated rings. The van der Waals surface area contributed by atoms with Crippen LogP contribution in [0.3, 0.4) is 0 Å². The number of carbonyl (C=O) groups excluding carboxylic acids is 1. The average molecular weight is 272 g/mol. The van der Waals surface area contributed by atoms with Crippen molar-refractivity contribution in [3.8, 4) is 5.75 Å². The molecular weight excluding hydrogens is 259 g/mol. The number of nitrogens with one attached hydrogen (secondary N) is 1. The van der Waals surface area contributed by atoms with E-state index < -0.39 is 0 Å². The fourth-order valence-electron chi connectivity index (χ4n) is 1.61. The minimum absolute atomic E-state index is 0.319. The van der Waals surface area contributed by atoms with E-state index in [1.165, 1.54) is 25.5 Å². The van der Waals surface area contributed by atoms with Gasteiger partial charge in [-0.05, 0) is 29.8 Å². The van der Waals surface area contributed by atoms with Crippen LogP contribution in [0.1, 0.15) is 15.9 Å². The van der Waals surface area contributed by atoms with Gasteiger partial charge in [-0.2, -0.15) is 5.10 Å². The lowest BCUT2D eigenvalue weighted by atomic mass is 10.2. The van der Waals surface area contributed by atoms with E-state index in [1.807, 2.05) is 0 Å². The number of hydrazone groups is 1. The molecule has 0 saturated heterocycles. The van der Waals surface area contributed by atoms with Gasteiger partial charge in [0.1, 0.15) is 11.6 Å². The van der Waals surface area contributed by atoms with Gasteiger partial charge in [0.2, 0.25) is 0 Å². The highest BCUT2D eigenvalue weighted by atomic mass is 19.1. The molecule has 1 amide bonds. The van der Waals surface area contributed by atoms with E-state index >= 15 is 0 Å². The van der Waals surface area contributed by atoms with E-state index in [1.54, 1.807) is 36.4 Å². The van der Waals surface area contributed by atoms with E-state index in [-0.39, 0.29) is 11.7 Å². The molecule has 2 aromatic carbocycles. The standard InChI is InChI=1S/C15H13FN2O2/c1-20-14-5-3-2-4-13(14)15(19)18-17-10-11-6-8-12(16)9-7-11/h2-10H,1H3,(H,18,19)/b17-10+. The lowest BCUT2D eigenvalue weighted by Gasteiger charge is -2.05. The summed E-state index contributed by atoms with van der Waals surface area (Å²) in [7, 11) is 1.49. The first-order chi connectivity index (χ1) is 9.70. The van der Waals surface area contributed by atoms with Crippen LogP contribution in [0.25, 0.3) is 0 Å². The zero-order chi connectivity index (χ0) is 14.4. The molecule has 0 saturated carbocycles. The fraction of sp³-hybridized carbons (Fsp3) is 0.0667. The quantitative estimate of drug-likeness (QED) is 0.687. The number of halogens is 1. The molecule has 0 bridgehead atoms. The number of ether oxygens (including phenoxy) is 1. The van der Waals surface area contributed by atoms with Crippen molar-refractivity contribution in [3.63, 3.8) is 0 Å². The van der Waals surface area contributed by atoms with Crippen LogP contribution >= 0.6 is 0 Å². The smallest absolute Gasteiger partial charge is 0.275 e. The number of para-hydroxylation sites is 1. The highest BCUT2D eigenvalue weighted by Crippen LogP contribution is 2.16. The largest absolute Gasteiger partial charge is 0.496 e. The molecule has 0 radical (unpaired) electrons. The van der Waals surface area contributed by atoms with Gasteiger partial charge in [0.15, 0.2) is 0 Å². The van der Waals surface area contributed by atoms with Crippen molar-refractivity contribution in [3.05, 3.63) is 65.5 Å². The molecule has 0 atom stereocenters. The van der Waals surface area contributed by atoms with Crippen LogP contribution in [0.15, 0.2) is 53.6 Å². The molecule has 4 nitrogen and oxygen atoms in total. The summed E-state index contributed by atoms with van der Waals surface area (Å²) in [6.07, 6.45) is 1.44. The van der Waals surface area contributed by atoms with Gasteiger partial charge in [-0.15, -0.1) is 0 Å². The Hall–Kier alpha value is -2.69. The van der Waals surface area contributed by atoms with Gasteiger partial charge in [-0.1, -0.05) is 24.3 Å². The van der Waals surface area contributed by atoms with Gasteiger partial charge in [0.25, 0.3) is 5.91 Å². The lowest BCUT2D eigenvalue weighted by molar-refractivity contribution is 0.0952. The molecule has 1 N–H and O–H groups in total. The molecule has 5 heteroatoms. The predicted octanol–water partition coefficient (Wildman–Crippen LogP) is 2.60. The van der Waals surface area contributed by atoms with Crippen molar-refractivity contribution >= 4 is 12.1 Å². The highest BCUT2D eigenvalue weighted by molar-refractivity contribution is 5.97. The predicted molar refractivity (Wildman–Crippen MR) is 74.5 cm³/mol. The molecule has 102 valence electrons. The molecule has 2 aromatic rings. The van der Waals surface area contributed by atoms with Gasteiger partial charge in [0, 0.05) is 0 Å². The van der Waals surface area contributed by atoms with Crippen LogP contribution in [0.2, 0.25) is 0 Å². The third-order valence-electron chi connectivity index (χ3n) is 2.60. The van der Waals surface area contributed by atoms with Crippen molar-refractivity contribution in [1.29, 1.82) is 0 Å². The van der Waals surface area contributed by atoms with Crippen LogP contribution in [0.5, 0.6) is 5.75 Å². The van der Waals surface area contributed by atoms with Crippen LogP contribution in [0.4, 0.5) is 4.39 Å². The fourth-order valence-corrected chi connectivity index (χ4v) is 1.61. The summed E-state index contributed by atoms with van der Waals surface area (Å²) in [5.41, 5.74) is 3.47. The normalized spacial score (nSPS) is 10.5. The second-order valence-corrected chi connectivity index (χ2v) is 3.95. The van der Waals surface area contributed by atoms with Crippen molar-refractivity contribution in [1.82, 2.24) is 5.43 Å². The number of rotatable bonds is 4. The van der Waals surface area contributed by atoms with Crippen molar-refractivity contribution < 1.29 is 13.9 Å². The number of benzene rings is 2. The number of amides is 1. The molecule has 0 unspecified atom stereocenters. The SMILES string of the molecule is COc1ccccc1C(=O)N/N=C/c1ccc(F)cc1. The Bertz CT molecular complexity index is 624. The Morgan fingerprint density at radius 1 is 1.20 bits per heavy atom. The number of carbonyl (C=O) groups is 1. The summed E-state index contributed by atoms with van der Waals surface area (Å²) < 4.78 is 17.8. The maximum absolute atomic E-state index is 12.7. The van der Waals surface area contributed by atoms with E-state index in [4.69, 9.17) is 4.74 Å². The topological polar surface area (TPSA) is 50.7 Å². The second kappa shape index (κ2) is 6.47. The van der Waals surface area contributed by atoms with E-state index in [0.717, 1.165) is 0 Å². The van der Waals surface area contributed by atoms with Crippen LogP contribution < -0.4 is 10.2 Å². The minimum atomic E-state index is -0.374. The lowest BCUT2D eigenvalue weighted by Crippen LogP contribution is -2.18. The first-order valence-electron chi connectivity index (χ1n) is 5.92. The van der Waals surface area contributed by atoms with Crippen molar-refractivity contribution in [2.75, 3.05) is 7.11 Å². The molecule has 0 aliphatic heterocycles. The van der Waals surface area contributed by atoms with Crippen LogP contribution in [0, 0.1) is 5.82 Å². The first-order valence-corrected chi connectivity index (χ1v) is 5.92. The third kappa shape index (κ3) is 3.41. The number of nitrogens with zero attached hydrogens (tertiary/aromatic N) is 1. The van der Waals surface area contributed by atoms with E-state index in [9.17, 15) is 9.18 Å². The first kappa shape index (κ1) is 13.7. The summed E-state index contributed by atoms with van der Waals surface area (Å²) in [6.45, 7) is 0. The summed E-state index contributed by atoms with van der Waals surface area (Å²) in [5, 5.41) is 3.82. The Morgan fingerprint density at radius 3 is 2.60 bits per heavy atom. The molecule has 0 aliphatic carbocycles. The third-order valence-corrected chi connectivity index (χ3v) is 2.60. The van der Waals surface area contributed by atoms with E-state index in [2.05, 4.69) is 10.5 Å². The molecule has 0 spiro atoms. The van der Waals surface area contributed by atoms with Crippen molar-refractivity contribution in [2.24, 2.45) is 5.10 Å². The minimum Gasteiger partial charge on any atom is -0.496 e. The van der Waals surface area contributed by atoms with Gasteiger partial charge in [-0.25, -0.2) is 9.82 Å². The average Bonchev–Trinajstić information content (AvgIpc) is 2.49. The zero-order valence-corrected chi connectivity index (χ0v) is 10.8. The monoisotopic (exact) mass is 272 g/mol. The van der Waals surface area contributed by atoms with Crippen LogP contribution in [-0.4, -0.2) is 19.2 Å². The van der Waals surface area contributed by atoms with Crippen LogP contribution in [-0.2, 0) is 0 Å². The Morgan fingerprint density at radius 2 is 1.90 bits per heavy atom. The molecule has 0 aromatic heterocycles. The van der Waals surface area contributed by atoms with Gasteiger partial charge >= 0.3 is 0 Å². The molecule has 20 heavy (non-hydrogen) atoms. The molecular formula is C15H13FN2O2. The van der Waals surface area contributed by atoms with Gasteiger partial charge < -0.3 is 4.74 Å². The highest BCUT2D eigenvalue weighted by Gasteiger charge is 2.09. The Labute approximate surface area is 115 Å². The molecule has 2 rings (SSSR count). The van der Waals surface area contributed by atoms with Crippen molar-refractivity contribution in [2.45, 2.75) is 0 Å². The molecule has 0 aliphatic rings. The maximum atomic E-state index is 12.7. The Balaban J connectivity index is 2.03. The summed E-state index contributed by atoms with van der Waals surface area (Å²) in [4.78, 5) is 11.9. The number of methoxy groups -OCH3 is 1. The summed E-state index contributed by atoms with van der Waals surface area (Å²) >= 11 is 0.